The summed E-state index contributed by atoms with van der Waals surface area (Å²) in [5.74, 6) is 0. The standard InChI is InChI=1S/C4H12O3Si/c1-7-8-3-4(6)2-5/h4-6H,2-3,8H2,1H3. The molecule has 1 atom stereocenters. The molecule has 0 heterocycles. The normalized spacial score (nSPS) is 15.4. The molecule has 8 heavy (non-hydrogen) atoms. The molecular formula is C4H12O3Si. The maximum atomic E-state index is 8.69. The quantitative estimate of drug-likeness (QED) is 0.462. The summed E-state index contributed by atoms with van der Waals surface area (Å²) in [5.41, 5.74) is 0. The molecule has 0 bridgehead atoms. The van der Waals surface area contributed by atoms with Crippen LogP contribution in [0.4, 0.5) is 0 Å². The van der Waals surface area contributed by atoms with Gasteiger partial charge in [0, 0.05) is 7.11 Å². The highest BCUT2D eigenvalue weighted by atomic mass is 28.2. The molecule has 0 aliphatic heterocycles. The van der Waals surface area contributed by atoms with E-state index in [9.17, 15) is 0 Å². The van der Waals surface area contributed by atoms with Crippen molar-refractivity contribution in [2.45, 2.75) is 12.1 Å². The average Bonchev–Trinajstić information content (AvgIpc) is 1.83. The first-order chi connectivity index (χ1) is 3.81. The Balaban J connectivity index is 2.86. The van der Waals surface area contributed by atoms with Gasteiger partial charge >= 0.3 is 0 Å². The predicted octanol–water partition coefficient (Wildman–Crippen LogP) is -1.51. The molecule has 0 amide bonds. The van der Waals surface area contributed by atoms with E-state index in [-0.39, 0.29) is 6.61 Å². The Labute approximate surface area is 51.2 Å². The van der Waals surface area contributed by atoms with Gasteiger partial charge in [-0.3, -0.25) is 0 Å². The fourth-order valence-electron chi connectivity index (χ4n) is 0.345. The third kappa shape index (κ3) is 4.26. The van der Waals surface area contributed by atoms with Crippen LogP contribution in [0.2, 0.25) is 6.04 Å². The van der Waals surface area contributed by atoms with Crippen LogP contribution in [0, 0.1) is 0 Å². The Hall–Kier alpha value is 0.0969. The molecule has 1 unspecified atom stereocenters. The maximum absolute atomic E-state index is 8.69. The van der Waals surface area contributed by atoms with Crippen LogP contribution in [-0.4, -0.2) is 39.8 Å². The Morgan fingerprint density at radius 1 is 1.75 bits per heavy atom. The van der Waals surface area contributed by atoms with Gasteiger partial charge in [0.25, 0.3) is 0 Å². The van der Waals surface area contributed by atoms with Gasteiger partial charge < -0.3 is 14.6 Å². The van der Waals surface area contributed by atoms with Gasteiger partial charge in [-0.2, -0.15) is 0 Å². The number of hydrogen-bond donors (Lipinski definition) is 2. The minimum absolute atomic E-state index is 0.143. The topological polar surface area (TPSA) is 49.7 Å². The zero-order valence-corrected chi connectivity index (χ0v) is 6.42. The largest absolute Gasteiger partial charge is 0.427 e. The highest BCUT2D eigenvalue weighted by Crippen LogP contribution is 1.87. The van der Waals surface area contributed by atoms with Crippen LogP contribution >= 0.6 is 0 Å². The molecule has 0 radical (unpaired) electrons. The lowest BCUT2D eigenvalue weighted by Crippen LogP contribution is -2.14. The third-order valence-corrected chi connectivity index (χ3v) is 2.18. The van der Waals surface area contributed by atoms with Crippen LogP contribution in [0.5, 0.6) is 0 Å². The first-order valence-corrected chi connectivity index (χ1v) is 4.17. The van der Waals surface area contributed by atoms with E-state index in [1.54, 1.807) is 7.11 Å². The molecule has 0 rings (SSSR count). The molecule has 0 aromatic heterocycles. The Morgan fingerprint density at radius 2 is 2.38 bits per heavy atom. The fourth-order valence-corrected chi connectivity index (χ4v) is 1.04. The lowest BCUT2D eigenvalue weighted by molar-refractivity contribution is 0.108. The second-order valence-corrected chi connectivity index (χ2v) is 3.18. The second kappa shape index (κ2) is 5.24. The molecule has 0 aliphatic rings. The molecular weight excluding hydrogens is 124 g/mol. The molecule has 0 spiro atoms. The van der Waals surface area contributed by atoms with Crippen molar-refractivity contribution in [3.8, 4) is 0 Å². The van der Waals surface area contributed by atoms with E-state index in [1.165, 1.54) is 0 Å². The lowest BCUT2D eigenvalue weighted by atomic mass is 10.4. The smallest absolute Gasteiger partial charge is 0.163 e. The van der Waals surface area contributed by atoms with E-state index < -0.39 is 15.9 Å². The van der Waals surface area contributed by atoms with Crippen molar-refractivity contribution in [3.05, 3.63) is 0 Å². The highest BCUT2D eigenvalue weighted by Gasteiger charge is 1.99. The van der Waals surface area contributed by atoms with Crippen molar-refractivity contribution in [2.24, 2.45) is 0 Å². The van der Waals surface area contributed by atoms with E-state index in [0.29, 0.717) is 6.04 Å². The minimum Gasteiger partial charge on any atom is -0.427 e. The zero-order chi connectivity index (χ0) is 6.41. The average molecular weight is 136 g/mol. The van der Waals surface area contributed by atoms with Crippen LogP contribution in [0.15, 0.2) is 0 Å². The van der Waals surface area contributed by atoms with Crippen molar-refractivity contribution in [3.63, 3.8) is 0 Å². The van der Waals surface area contributed by atoms with Crippen LogP contribution in [0.1, 0.15) is 0 Å². The summed E-state index contributed by atoms with van der Waals surface area (Å²) < 4.78 is 4.78. The number of rotatable bonds is 4. The van der Waals surface area contributed by atoms with E-state index in [1.807, 2.05) is 0 Å². The molecule has 0 saturated heterocycles. The molecule has 0 aromatic carbocycles. The summed E-state index contributed by atoms with van der Waals surface area (Å²) in [7, 11) is 1.07. The maximum Gasteiger partial charge on any atom is 0.163 e. The van der Waals surface area contributed by atoms with Crippen LogP contribution in [0.25, 0.3) is 0 Å². The minimum atomic E-state index is -0.554. The van der Waals surface area contributed by atoms with Gasteiger partial charge in [-0.15, -0.1) is 0 Å². The molecule has 0 aliphatic carbocycles. The summed E-state index contributed by atoms with van der Waals surface area (Å²) in [6, 6.07) is 0.646. The van der Waals surface area contributed by atoms with Crippen molar-refractivity contribution in [1.82, 2.24) is 0 Å². The Morgan fingerprint density at radius 3 is 2.75 bits per heavy atom. The third-order valence-electron chi connectivity index (χ3n) is 0.866. The molecule has 2 N–H and O–H groups in total. The number of aliphatic hydroxyl groups is 2. The highest BCUT2D eigenvalue weighted by molar-refractivity contribution is 6.27. The van der Waals surface area contributed by atoms with Gasteiger partial charge in [-0.05, 0) is 6.04 Å². The van der Waals surface area contributed by atoms with Gasteiger partial charge in [0.2, 0.25) is 0 Å². The first kappa shape index (κ1) is 8.10. The van der Waals surface area contributed by atoms with Gasteiger partial charge in [0.15, 0.2) is 9.76 Å². The summed E-state index contributed by atoms with van der Waals surface area (Å²) in [6.07, 6.45) is -0.554. The Kier molecular flexibility index (Phi) is 5.30. The van der Waals surface area contributed by atoms with Gasteiger partial charge in [0.1, 0.15) is 0 Å². The zero-order valence-electron chi connectivity index (χ0n) is 5.00. The summed E-state index contributed by atoms with van der Waals surface area (Å²) in [5, 5.41) is 17.0. The predicted molar refractivity (Wildman–Crippen MR) is 33.5 cm³/mol. The van der Waals surface area contributed by atoms with Crippen LogP contribution in [0.3, 0.4) is 0 Å². The molecule has 0 fully saturated rings. The Bertz CT molecular complexity index is 50.5. The summed E-state index contributed by atoms with van der Waals surface area (Å²) >= 11 is 0. The lowest BCUT2D eigenvalue weighted by Gasteiger charge is -2.02. The van der Waals surface area contributed by atoms with Crippen LogP contribution < -0.4 is 0 Å². The van der Waals surface area contributed by atoms with E-state index >= 15 is 0 Å². The van der Waals surface area contributed by atoms with Crippen molar-refractivity contribution < 1.29 is 14.6 Å². The molecule has 0 saturated carbocycles. The van der Waals surface area contributed by atoms with Gasteiger partial charge in [-0.25, -0.2) is 0 Å². The molecule has 0 aromatic rings. The number of aliphatic hydroxyl groups excluding tert-OH is 2. The summed E-state index contributed by atoms with van der Waals surface area (Å²) in [4.78, 5) is 0. The molecule has 4 heteroatoms. The van der Waals surface area contributed by atoms with Crippen molar-refractivity contribution in [2.75, 3.05) is 13.7 Å². The summed E-state index contributed by atoms with van der Waals surface area (Å²) in [6.45, 7) is -0.143. The second-order valence-electron chi connectivity index (χ2n) is 1.62. The number of hydrogen-bond acceptors (Lipinski definition) is 3. The van der Waals surface area contributed by atoms with Crippen LogP contribution in [-0.2, 0) is 4.43 Å². The molecule has 50 valence electrons. The van der Waals surface area contributed by atoms with E-state index in [2.05, 4.69) is 0 Å². The van der Waals surface area contributed by atoms with E-state index in [4.69, 9.17) is 14.6 Å². The first-order valence-electron chi connectivity index (χ1n) is 2.59. The fraction of sp³-hybridized carbons (Fsp3) is 1.00. The molecule has 3 nitrogen and oxygen atoms in total. The van der Waals surface area contributed by atoms with Crippen molar-refractivity contribution in [1.29, 1.82) is 0 Å². The van der Waals surface area contributed by atoms with Crippen molar-refractivity contribution >= 4 is 9.76 Å². The monoisotopic (exact) mass is 136 g/mol. The SMILES string of the molecule is CO[SiH2]CC(O)CO. The van der Waals surface area contributed by atoms with E-state index in [0.717, 1.165) is 0 Å². The van der Waals surface area contributed by atoms with Gasteiger partial charge in [0.05, 0.1) is 12.7 Å². The van der Waals surface area contributed by atoms with Gasteiger partial charge in [-0.1, -0.05) is 0 Å².